The van der Waals surface area contributed by atoms with Crippen LogP contribution in [0.1, 0.15) is 30.0 Å². The molecule has 0 spiro atoms. The molecule has 8 nitrogen and oxygen atoms in total. The van der Waals surface area contributed by atoms with Gasteiger partial charge in [-0.05, 0) is 51.0 Å². The Morgan fingerprint density at radius 2 is 2.00 bits per heavy atom. The molecule has 0 aliphatic carbocycles. The Kier molecular flexibility index (Phi) is 5.34. The molecule has 4 heterocycles. The maximum absolute atomic E-state index is 12.8. The van der Waals surface area contributed by atoms with Crippen molar-refractivity contribution in [3.8, 4) is 5.69 Å². The first-order valence-corrected chi connectivity index (χ1v) is 10.9. The number of carbonyl (C=O) groups excluding carboxylic acids is 1. The topological polar surface area (TPSA) is 89.1 Å². The van der Waals surface area contributed by atoms with Crippen LogP contribution in [-0.2, 0) is 11.3 Å². The number of aromatic nitrogens is 4. The van der Waals surface area contributed by atoms with Crippen LogP contribution >= 0.6 is 0 Å². The minimum atomic E-state index is -0.117. The summed E-state index contributed by atoms with van der Waals surface area (Å²) in [6, 6.07) is 13.7. The van der Waals surface area contributed by atoms with Gasteiger partial charge in [0.15, 0.2) is 5.82 Å². The van der Waals surface area contributed by atoms with Gasteiger partial charge in [-0.1, -0.05) is 18.2 Å². The lowest BCUT2D eigenvalue weighted by molar-refractivity contribution is -0.125. The molecule has 0 saturated carbocycles. The second kappa shape index (κ2) is 8.45. The summed E-state index contributed by atoms with van der Waals surface area (Å²) in [5, 5.41) is 17.9. The zero-order valence-corrected chi connectivity index (χ0v) is 18.3. The number of anilines is 1. The van der Waals surface area contributed by atoms with Gasteiger partial charge in [0, 0.05) is 13.1 Å². The normalized spacial score (nSPS) is 16.4. The molecule has 3 aromatic heterocycles. The quantitative estimate of drug-likeness (QED) is 0.521. The number of carbonyl (C=O) groups is 1. The van der Waals surface area contributed by atoms with Crippen LogP contribution in [0.5, 0.6) is 0 Å². The van der Waals surface area contributed by atoms with Crippen molar-refractivity contribution >= 4 is 22.6 Å². The third-order valence-electron chi connectivity index (χ3n) is 6.09. The third-order valence-corrected chi connectivity index (χ3v) is 6.09. The van der Waals surface area contributed by atoms with Gasteiger partial charge in [0.1, 0.15) is 11.3 Å². The molecular formula is C24H26N6O2. The fourth-order valence-electron chi connectivity index (χ4n) is 4.46. The third kappa shape index (κ3) is 3.72. The molecule has 0 radical (unpaired) electrons. The van der Waals surface area contributed by atoms with E-state index in [9.17, 15) is 4.79 Å². The summed E-state index contributed by atoms with van der Waals surface area (Å²) in [7, 11) is 0. The fourth-order valence-corrected chi connectivity index (χ4v) is 4.46. The molecule has 1 atom stereocenters. The largest absolute Gasteiger partial charge is 0.467 e. The maximum Gasteiger partial charge on any atom is 0.225 e. The van der Waals surface area contributed by atoms with Crippen LogP contribution in [0.4, 0.5) is 5.82 Å². The standard InChI is InChI=1S/C24H26N6O2/c1-16-21-17(2)30(19-9-4-3-5-10-19)28-22(21)23(27-26-16)29-12-6-8-18(15-29)24(31)25-14-20-11-7-13-32-20/h3-5,7,9-11,13,18H,6,8,12,14-15H2,1-2H3,(H,25,31). The van der Waals surface area contributed by atoms with Crippen molar-refractivity contribution in [1.82, 2.24) is 25.3 Å². The Hall–Kier alpha value is -3.68. The number of nitrogens with one attached hydrogen (secondary N) is 1. The van der Waals surface area contributed by atoms with E-state index in [4.69, 9.17) is 9.52 Å². The molecule has 5 rings (SSSR count). The molecule has 1 aromatic carbocycles. The molecule has 8 heteroatoms. The van der Waals surface area contributed by atoms with Crippen LogP contribution in [0.15, 0.2) is 53.1 Å². The van der Waals surface area contributed by atoms with Crippen molar-refractivity contribution in [1.29, 1.82) is 0 Å². The monoisotopic (exact) mass is 430 g/mol. The SMILES string of the molecule is Cc1nnc(N2CCCC(C(=O)NCc3ccco3)C2)c2nn(-c3ccccc3)c(C)c12. The van der Waals surface area contributed by atoms with Crippen LogP contribution in [0.2, 0.25) is 0 Å². The Balaban J connectivity index is 1.42. The lowest BCUT2D eigenvalue weighted by atomic mass is 9.97. The second-order valence-electron chi connectivity index (χ2n) is 8.25. The van der Waals surface area contributed by atoms with Crippen LogP contribution in [0, 0.1) is 19.8 Å². The molecule has 1 fully saturated rings. The van der Waals surface area contributed by atoms with Crippen LogP contribution in [0.3, 0.4) is 0 Å². The number of piperidine rings is 1. The van der Waals surface area contributed by atoms with Gasteiger partial charge < -0.3 is 14.6 Å². The average molecular weight is 431 g/mol. The van der Waals surface area contributed by atoms with Crippen LogP contribution in [0.25, 0.3) is 16.6 Å². The van der Waals surface area contributed by atoms with Crippen molar-refractivity contribution < 1.29 is 9.21 Å². The van der Waals surface area contributed by atoms with E-state index < -0.39 is 0 Å². The number of benzene rings is 1. The van der Waals surface area contributed by atoms with Gasteiger partial charge in [0.25, 0.3) is 0 Å². The lowest BCUT2D eigenvalue weighted by Crippen LogP contribution is -2.43. The van der Waals surface area contributed by atoms with E-state index in [0.717, 1.165) is 58.9 Å². The van der Waals surface area contributed by atoms with Crippen LogP contribution in [-0.4, -0.2) is 39.0 Å². The zero-order valence-electron chi connectivity index (χ0n) is 18.3. The first-order valence-electron chi connectivity index (χ1n) is 10.9. The van der Waals surface area contributed by atoms with Crippen molar-refractivity contribution in [3.05, 3.63) is 65.9 Å². The van der Waals surface area contributed by atoms with Gasteiger partial charge >= 0.3 is 0 Å². The maximum atomic E-state index is 12.8. The van der Waals surface area contributed by atoms with E-state index in [1.54, 1.807) is 6.26 Å². The highest BCUT2D eigenvalue weighted by molar-refractivity contribution is 5.92. The number of fused-ring (bicyclic) bond motifs is 1. The summed E-state index contributed by atoms with van der Waals surface area (Å²) in [6.45, 7) is 5.84. The van der Waals surface area contributed by atoms with Crippen molar-refractivity contribution in [3.63, 3.8) is 0 Å². The van der Waals surface area contributed by atoms with Gasteiger partial charge in [0.05, 0.1) is 41.2 Å². The van der Waals surface area contributed by atoms with E-state index >= 15 is 0 Å². The van der Waals surface area contributed by atoms with Gasteiger partial charge in [-0.15, -0.1) is 5.10 Å². The molecule has 1 aliphatic heterocycles. The molecular weight excluding hydrogens is 404 g/mol. The highest BCUT2D eigenvalue weighted by Gasteiger charge is 2.29. The minimum absolute atomic E-state index is 0.0356. The van der Waals surface area contributed by atoms with Crippen molar-refractivity contribution in [2.75, 3.05) is 18.0 Å². The molecule has 1 amide bonds. The number of para-hydroxylation sites is 1. The molecule has 4 aromatic rings. The molecule has 32 heavy (non-hydrogen) atoms. The number of hydrogen-bond donors (Lipinski definition) is 1. The first-order chi connectivity index (χ1) is 15.6. The highest BCUT2D eigenvalue weighted by atomic mass is 16.3. The lowest BCUT2D eigenvalue weighted by Gasteiger charge is -2.32. The van der Waals surface area contributed by atoms with E-state index in [-0.39, 0.29) is 11.8 Å². The molecule has 1 unspecified atom stereocenters. The second-order valence-corrected chi connectivity index (χ2v) is 8.25. The summed E-state index contributed by atoms with van der Waals surface area (Å²) >= 11 is 0. The number of rotatable bonds is 5. The van der Waals surface area contributed by atoms with E-state index in [2.05, 4.69) is 27.3 Å². The molecule has 1 aliphatic rings. The molecule has 164 valence electrons. The van der Waals surface area contributed by atoms with E-state index in [1.165, 1.54) is 0 Å². The summed E-state index contributed by atoms with van der Waals surface area (Å²) in [4.78, 5) is 14.9. The van der Waals surface area contributed by atoms with E-state index in [0.29, 0.717) is 13.1 Å². The van der Waals surface area contributed by atoms with Gasteiger partial charge in [0.2, 0.25) is 5.91 Å². The predicted molar refractivity (Wildman–Crippen MR) is 122 cm³/mol. The van der Waals surface area contributed by atoms with Crippen LogP contribution < -0.4 is 10.2 Å². The van der Waals surface area contributed by atoms with Gasteiger partial charge in [-0.25, -0.2) is 4.68 Å². The number of furan rings is 1. The average Bonchev–Trinajstić information content (AvgIpc) is 3.47. The van der Waals surface area contributed by atoms with Crippen molar-refractivity contribution in [2.45, 2.75) is 33.2 Å². The Morgan fingerprint density at radius 1 is 1.16 bits per heavy atom. The number of hydrogen-bond acceptors (Lipinski definition) is 6. The predicted octanol–water partition coefficient (Wildman–Crippen LogP) is 3.56. The summed E-state index contributed by atoms with van der Waals surface area (Å²) in [5.74, 6) is 1.41. The number of nitrogens with zero attached hydrogens (tertiary/aromatic N) is 5. The first kappa shape index (κ1) is 20.2. The summed E-state index contributed by atoms with van der Waals surface area (Å²) in [5.41, 5.74) is 3.72. The number of aryl methyl sites for hydroxylation is 2. The molecule has 1 saturated heterocycles. The zero-order chi connectivity index (χ0) is 22.1. The molecule has 1 N–H and O–H groups in total. The van der Waals surface area contributed by atoms with Gasteiger partial charge in [-0.3, -0.25) is 4.79 Å². The molecule has 0 bridgehead atoms. The van der Waals surface area contributed by atoms with Crippen molar-refractivity contribution in [2.24, 2.45) is 5.92 Å². The highest BCUT2D eigenvalue weighted by Crippen LogP contribution is 2.31. The Bertz CT molecular complexity index is 1230. The minimum Gasteiger partial charge on any atom is -0.467 e. The summed E-state index contributed by atoms with van der Waals surface area (Å²) < 4.78 is 7.26. The fraction of sp³-hybridized carbons (Fsp3) is 0.333. The van der Waals surface area contributed by atoms with Gasteiger partial charge in [-0.2, -0.15) is 10.2 Å². The smallest absolute Gasteiger partial charge is 0.225 e. The Labute approximate surface area is 186 Å². The summed E-state index contributed by atoms with van der Waals surface area (Å²) in [6.07, 6.45) is 3.37. The van der Waals surface area contributed by atoms with E-state index in [1.807, 2.05) is 54.1 Å². The Morgan fingerprint density at radius 3 is 2.78 bits per heavy atom. The number of amides is 1.